The van der Waals surface area contributed by atoms with E-state index >= 15 is 0 Å². The van der Waals surface area contributed by atoms with Crippen LogP contribution in [0.25, 0.3) is 22.4 Å². The molecule has 0 radical (unpaired) electrons. The number of aromatic nitrogens is 4. The Kier molecular flexibility index (Phi) is 4.11. The zero-order chi connectivity index (χ0) is 18.3. The number of hydrogen-bond donors (Lipinski definition) is 2. The van der Waals surface area contributed by atoms with Crippen LogP contribution in [0.5, 0.6) is 0 Å². The van der Waals surface area contributed by atoms with Crippen molar-refractivity contribution in [1.82, 2.24) is 20.2 Å². The Hall–Kier alpha value is -2.54. The van der Waals surface area contributed by atoms with Gasteiger partial charge in [0.25, 0.3) is 0 Å². The summed E-state index contributed by atoms with van der Waals surface area (Å²) in [4.78, 5) is 10.9. The third-order valence-electron chi connectivity index (χ3n) is 5.04. The fourth-order valence-electron chi connectivity index (χ4n) is 3.94. The lowest BCUT2D eigenvalue weighted by Crippen LogP contribution is -2.60. The van der Waals surface area contributed by atoms with E-state index in [1.54, 1.807) is 18.3 Å². The van der Waals surface area contributed by atoms with Gasteiger partial charge in [0.1, 0.15) is 17.2 Å². The first-order valence-corrected chi connectivity index (χ1v) is 8.92. The Morgan fingerprint density at radius 2 is 2.08 bits per heavy atom. The summed E-state index contributed by atoms with van der Waals surface area (Å²) >= 11 is 0. The van der Waals surface area contributed by atoms with Crippen LogP contribution in [-0.2, 0) is 0 Å². The molecule has 1 aliphatic rings. The normalized spacial score (nSPS) is 16.3. The second-order valence-electron chi connectivity index (χ2n) is 7.63. The van der Waals surface area contributed by atoms with E-state index in [0.29, 0.717) is 23.8 Å². The molecule has 1 saturated heterocycles. The molecule has 4 heterocycles. The van der Waals surface area contributed by atoms with Crippen molar-refractivity contribution in [3.05, 3.63) is 36.3 Å². The third kappa shape index (κ3) is 2.82. The number of aromatic amines is 1. The van der Waals surface area contributed by atoms with Crippen molar-refractivity contribution in [2.45, 2.75) is 20.3 Å². The van der Waals surface area contributed by atoms with Crippen molar-refractivity contribution >= 4 is 16.9 Å². The van der Waals surface area contributed by atoms with Crippen LogP contribution in [0.3, 0.4) is 0 Å². The van der Waals surface area contributed by atoms with Gasteiger partial charge in [0.15, 0.2) is 11.5 Å². The molecule has 4 rings (SSSR count). The maximum absolute atomic E-state index is 14.5. The zero-order valence-corrected chi connectivity index (χ0v) is 15.0. The summed E-state index contributed by atoms with van der Waals surface area (Å²) in [5, 5.41) is 7.82. The van der Waals surface area contributed by atoms with Crippen LogP contribution in [-0.4, -0.2) is 39.8 Å². The molecule has 0 aliphatic carbocycles. The molecule has 0 amide bonds. The lowest BCUT2D eigenvalue weighted by Gasteiger charge is -2.51. The first kappa shape index (κ1) is 16.9. The molecule has 0 saturated carbocycles. The fourth-order valence-corrected chi connectivity index (χ4v) is 3.94. The quantitative estimate of drug-likeness (QED) is 0.736. The molecule has 3 aromatic heterocycles. The van der Waals surface area contributed by atoms with Crippen LogP contribution in [0.4, 0.5) is 10.2 Å². The second kappa shape index (κ2) is 6.32. The van der Waals surface area contributed by atoms with Gasteiger partial charge >= 0.3 is 0 Å². The van der Waals surface area contributed by atoms with Crippen molar-refractivity contribution in [1.29, 1.82) is 0 Å². The smallest absolute Gasteiger partial charge is 0.155 e. The minimum atomic E-state index is -0.390. The van der Waals surface area contributed by atoms with Gasteiger partial charge in [-0.3, -0.25) is 5.10 Å². The van der Waals surface area contributed by atoms with Gasteiger partial charge in [-0.15, -0.1) is 0 Å². The van der Waals surface area contributed by atoms with Crippen LogP contribution >= 0.6 is 0 Å². The van der Waals surface area contributed by atoms with Gasteiger partial charge in [-0.05, 0) is 36.6 Å². The lowest BCUT2D eigenvalue weighted by molar-refractivity contribution is 0.177. The molecule has 3 N–H and O–H groups in total. The number of anilines is 1. The van der Waals surface area contributed by atoms with Crippen LogP contribution in [0.15, 0.2) is 30.5 Å². The van der Waals surface area contributed by atoms with E-state index in [4.69, 9.17) is 5.73 Å². The molecular formula is C19H23FN6. The van der Waals surface area contributed by atoms with E-state index in [1.807, 2.05) is 6.07 Å². The summed E-state index contributed by atoms with van der Waals surface area (Å²) in [5.41, 5.74) is 7.51. The first-order chi connectivity index (χ1) is 12.5. The largest absolute Gasteiger partial charge is 0.355 e. The molecule has 0 atom stereocenters. The Morgan fingerprint density at radius 1 is 1.27 bits per heavy atom. The number of fused-ring (bicyclic) bond motifs is 1. The van der Waals surface area contributed by atoms with Gasteiger partial charge in [0.2, 0.25) is 0 Å². The number of pyridine rings is 2. The zero-order valence-electron chi connectivity index (χ0n) is 15.0. The highest BCUT2D eigenvalue weighted by Gasteiger charge is 2.42. The molecule has 1 fully saturated rings. The average Bonchev–Trinajstić information content (AvgIpc) is 3.02. The molecule has 0 bridgehead atoms. The van der Waals surface area contributed by atoms with Crippen molar-refractivity contribution < 1.29 is 4.39 Å². The van der Waals surface area contributed by atoms with Crippen molar-refractivity contribution in [2.24, 2.45) is 17.1 Å². The van der Waals surface area contributed by atoms with E-state index in [9.17, 15) is 4.39 Å². The minimum absolute atomic E-state index is 0.132. The molecule has 0 unspecified atom stereocenters. The summed E-state index contributed by atoms with van der Waals surface area (Å²) in [5.74, 6) is 0.966. The van der Waals surface area contributed by atoms with Crippen molar-refractivity contribution in [3.8, 4) is 11.4 Å². The number of nitrogens with one attached hydrogen (secondary N) is 1. The first-order valence-electron chi connectivity index (χ1n) is 8.92. The highest BCUT2D eigenvalue weighted by Crippen LogP contribution is 2.39. The van der Waals surface area contributed by atoms with E-state index in [0.717, 1.165) is 30.7 Å². The lowest BCUT2D eigenvalue weighted by atomic mass is 9.73. The number of nitrogens with two attached hydrogens (primary N) is 1. The van der Waals surface area contributed by atoms with E-state index in [1.165, 1.54) is 6.07 Å². The summed E-state index contributed by atoms with van der Waals surface area (Å²) in [6, 6.07) is 6.85. The van der Waals surface area contributed by atoms with E-state index in [2.05, 4.69) is 38.9 Å². The molecule has 1 aliphatic heterocycles. The van der Waals surface area contributed by atoms with Crippen LogP contribution in [0, 0.1) is 17.2 Å². The number of hydrogen-bond acceptors (Lipinski definition) is 5. The Balaban J connectivity index is 1.64. The maximum Gasteiger partial charge on any atom is 0.155 e. The molecule has 3 aromatic rings. The summed E-state index contributed by atoms with van der Waals surface area (Å²) < 4.78 is 14.5. The predicted octanol–water partition coefficient (Wildman–Crippen LogP) is 2.97. The molecule has 0 aromatic carbocycles. The Labute approximate surface area is 151 Å². The predicted molar refractivity (Wildman–Crippen MR) is 100 cm³/mol. The number of H-pyrrole nitrogens is 1. The van der Waals surface area contributed by atoms with Crippen LogP contribution in [0.1, 0.15) is 20.3 Å². The Bertz CT molecular complexity index is 929. The monoisotopic (exact) mass is 354 g/mol. The SMILES string of the molecule is CC(C)CC1(CN)CN(c2ccc(F)c(-c3n[nH]c4ncccc34)n2)C1. The summed E-state index contributed by atoms with van der Waals surface area (Å²) in [6.45, 7) is 6.78. The van der Waals surface area contributed by atoms with Gasteiger partial charge in [-0.2, -0.15) is 5.10 Å². The van der Waals surface area contributed by atoms with Gasteiger partial charge in [-0.1, -0.05) is 13.8 Å². The molecule has 0 spiro atoms. The Morgan fingerprint density at radius 3 is 2.81 bits per heavy atom. The topological polar surface area (TPSA) is 83.7 Å². The van der Waals surface area contributed by atoms with Gasteiger partial charge < -0.3 is 10.6 Å². The van der Waals surface area contributed by atoms with Crippen LogP contribution < -0.4 is 10.6 Å². The molecule has 136 valence electrons. The molecule has 7 heteroatoms. The highest BCUT2D eigenvalue weighted by molar-refractivity contribution is 5.89. The summed E-state index contributed by atoms with van der Waals surface area (Å²) in [7, 11) is 0. The maximum atomic E-state index is 14.5. The standard InChI is InChI=1S/C19H23FN6/c1-12(2)8-19(9-21)10-26(11-19)15-6-5-14(20)17(23-15)16-13-4-3-7-22-18(13)25-24-16/h3-7,12H,8-11,21H2,1-2H3,(H,22,24,25). The van der Waals surface area contributed by atoms with E-state index in [-0.39, 0.29) is 11.1 Å². The average molecular weight is 354 g/mol. The third-order valence-corrected chi connectivity index (χ3v) is 5.04. The summed E-state index contributed by atoms with van der Waals surface area (Å²) in [6.07, 6.45) is 2.76. The minimum Gasteiger partial charge on any atom is -0.355 e. The van der Waals surface area contributed by atoms with Crippen molar-refractivity contribution in [3.63, 3.8) is 0 Å². The van der Waals surface area contributed by atoms with Gasteiger partial charge in [0.05, 0.1) is 0 Å². The van der Waals surface area contributed by atoms with Gasteiger partial charge in [0, 0.05) is 36.6 Å². The highest BCUT2D eigenvalue weighted by atomic mass is 19.1. The second-order valence-corrected chi connectivity index (χ2v) is 7.63. The fraction of sp³-hybridized carbons (Fsp3) is 0.421. The number of rotatable bonds is 5. The van der Waals surface area contributed by atoms with Crippen molar-refractivity contribution in [2.75, 3.05) is 24.5 Å². The van der Waals surface area contributed by atoms with Crippen LogP contribution in [0.2, 0.25) is 0 Å². The molecular weight excluding hydrogens is 331 g/mol. The van der Waals surface area contributed by atoms with Gasteiger partial charge in [-0.25, -0.2) is 14.4 Å². The molecule has 6 nitrogen and oxygen atoms in total. The van der Waals surface area contributed by atoms with E-state index < -0.39 is 5.82 Å². The molecule has 26 heavy (non-hydrogen) atoms. The number of halogens is 1. The number of nitrogens with zero attached hydrogens (tertiary/aromatic N) is 4.